The van der Waals surface area contributed by atoms with Gasteiger partial charge in [0.05, 0.1) is 21.5 Å². The topological polar surface area (TPSA) is 116 Å². The van der Waals surface area contributed by atoms with Gasteiger partial charge < -0.3 is 10.1 Å². The van der Waals surface area contributed by atoms with Crippen LogP contribution in [0.4, 0.5) is 0 Å². The number of carbonyl (C=O) groups excluding carboxylic acids is 2. The molecule has 0 aliphatic heterocycles. The summed E-state index contributed by atoms with van der Waals surface area (Å²) in [6.07, 6.45) is 0. The second kappa shape index (κ2) is 8.31. The van der Waals surface area contributed by atoms with E-state index in [1.807, 2.05) is 30.3 Å². The normalized spacial score (nSPS) is 12.3. The maximum absolute atomic E-state index is 12.1. The Hall–Kier alpha value is -2.42. The average Bonchev–Trinajstić information content (AvgIpc) is 2.59. The zero-order chi connectivity index (χ0) is 19.3. The van der Waals surface area contributed by atoms with Crippen molar-refractivity contribution in [3.8, 4) is 0 Å². The fraction of sp³-hybridized carbons (Fsp3) is 0.176. The second-order valence-electron chi connectivity index (χ2n) is 5.46. The lowest BCUT2D eigenvalue weighted by atomic mass is 10.1. The number of hydrogen-bond acceptors (Lipinski definition) is 5. The molecule has 0 fully saturated rings. The number of esters is 1. The van der Waals surface area contributed by atoms with E-state index in [-0.39, 0.29) is 21.5 Å². The molecule has 0 heterocycles. The molecule has 2 aromatic carbocycles. The molecule has 0 radical (unpaired) electrons. The summed E-state index contributed by atoms with van der Waals surface area (Å²) >= 11 is 5.88. The molecule has 2 rings (SSSR count). The molecule has 138 valence electrons. The molecule has 3 N–H and O–H groups in total. The number of nitrogens with one attached hydrogen (secondary N) is 1. The summed E-state index contributed by atoms with van der Waals surface area (Å²) in [5.41, 5.74) is 0.707. The molecular weight excluding hydrogens is 380 g/mol. The van der Waals surface area contributed by atoms with Crippen molar-refractivity contribution in [3.05, 3.63) is 64.7 Å². The van der Waals surface area contributed by atoms with E-state index in [2.05, 4.69) is 5.32 Å². The molecule has 1 amide bonds. The van der Waals surface area contributed by atoms with E-state index in [9.17, 15) is 18.0 Å². The van der Waals surface area contributed by atoms with Gasteiger partial charge in [-0.3, -0.25) is 4.79 Å². The lowest BCUT2D eigenvalue weighted by molar-refractivity contribution is -0.124. The van der Waals surface area contributed by atoms with Crippen molar-refractivity contribution in [2.45, 2.75) is 17.9 Å². The Labute approximate surface area is 156 Å². The Morgan fingerprint density at radius 2 is 1.85 bits per heavy atom. The van der Waals surface area contributed by atoms with Gasteiger partial charge >= 0.3 is 5.97 Å². The molecule has 0 saturated heterocycles. The van der Waals surface area contributed by atoms with E-state index in [0.717, 1.165) is 11.6 Å². The summed E-state index contributed by atoms with van der Waals surface area (Å²) in [6, 6.07) is 12.4. The van der Waals surface area contributed by atoms with Gasteiger partial charge in [-0.2, -0.15) is 0 Å². The van der Waals surface area contributed by atoms with E-state index in [1.165, 1.54) is 12.1 Å². The van der Waals surface area contributed by atoms with Crippen LogP contribution in [0.25, 0.3) is 0 Å². The van der Waals surface area contributed by atoms with Crippen LogP contribution in [0.2, 0.25) is 5.02 Å². The molecule has 0 unspecified atom stereocenters. The molecule has 0 aliphatic carbocycles. The van der Waals surface area contributed by atoms with Gasteiger partial charge in [-0.05, 0) is 30.7 Å². The van der Waals surface area contributed by atoms with Gasteiger partial charge in [0.1, 0.15) is 0 Å². The average molecular weight is 397 g/mol. The molecule has 2 aromatic rings. The summed E-state index contributed by atoms with van der Waals surface area (Å²) in [4.78, 5) is 23.7. The number of benzene rings is 2. The standard InChI is InChI=1S/C17H17ClN2O5S/c1-11(12-5-3-2-4-6-12)20-16(21)10-25-17(22)14-9-13(26(19,23)24)7-8-15(14)18/h2-9,11H,10H2,1H3,(H,20,21)(H2,19,23,24)/t11-/m1/s1. The summed E-state index contributed by atoms with van der Waals surface area (Å²) in [5.74, 6) is -1.43. The molecule has 7 nitrogen and oxygen atoms in total. The van der Waals surface area contributed by atoms with Crippen molar-refractivity contribution in [3.63, 3.8) is 0 Å². The fourth-order valence-electron chi connectivity index (χ4n) is 2.15. The van der Waals surface area contributed by atoms with E-state index in [4.69, 9.17) is 21.5 Å². The van der Waals surface area contributed by atoms with Crippen LogP contribution in [0.3, 0.4) is 0 Å². The predicted molar refractivity (Wildman–Crippen MR) is 96.1 cm³/mol. The second-order valence-corrected chi connectivity index (χ2v) is 7.43. The van der Waals surface area contributed by atoms with Crippen molar-refractivity contribution in [2.24, 2.45) is 5.14 Å². The maximum Gasteiger partial charge on any atom is 0.340 e. The van der Waals surface area contributed by atoms with E-state index in [0.29, 0.717) is 0 Å². The monoisotopic (exact) mass is 396 g/mol. The van der Waals surface area contributed by atoms with Crippen LogP contribution in [0, 0.1) is 0 Å². The van der Waals surface area contributed by atoms with E-state index >= 15 is 0 Å². The number of primary sulfonamides is 1. The zero-order valence-corrected chi connectivity index (χ0v) is 15.4. The summed E-state index contributed by atoms with van der Waals surface area (Å²) < 4.78 is 27.6. The smallest absolute Gasteiger partial charge is 0.340 e. The Balaban J connectivity index is 1.99. The first-order valence-corrected chi connectivity index (χ1v) is 9.44. The van der Waals surface area contributed by atoms with Crippen LogP contribution < -0.4 is 10.5 Å². The zero-order valence-electron chi connectivity index (χ0n) is 13.8. The first-order valence-electron chi connectivity index (χ1n) is 7.52. The van der Waals surface area contributed by atoms with Gasteiger partial charge in [-0.1, -0.05) is 41.9 Å². The molecule has 1 atom stereocenters. The lowest BCUT2D eigenvalue weighted by Gasteiger charge is -2.14. The van der Waals surface area contributed by atoms with Crippen molar-refractivity contribution >= 4 is 33.5 Å². The number of hydrogen-bond donors (Lipinski definition) is 2. The van der Waals surface area contributed by atoms with Crippen LogP contribution in [0.15, 0.2) is 53.4 Å². The highest BCUT2D eigenvalue weighted by atomic mass is 35.5. The van der Waals surface area contributed by atoms with Crippen LogP contribution in [0.1, 0.15) is 28.9 Å². The highest BCUT2D eigenvalue weighted by Crippen LogP contribution is 2.20. The molecule has 0 saturated carbocycles. The fourth-order valence-corrected chi connectivity index (χ4v) is 2.89. The molecule has 0 aliphatic rings. The summed E-state index contributed by atoms with van der Waals surface area (Å²) in [5, 5.41) is 7.70. The van der Waals surface area contributed by atoms with Crippen molar-refractivity contribution < 1.29 is 22.7 Å². The molecule has 0 aromatic heterocycles. The van der Waals surface area contributed by atoms with Gasteiger partial charge in [0, 0.05) is 0 Å². The quantitative estimate of drug-likeness (QED) is 0.724. The third-order valence-corrected chi connectivity index (χ3v) is 4.74. The summed E-state index contributed by atoms with van der Waals surface area (Å²) in [6.45, 7) is 1.26. The molecule has 26 heavy (non-hydrogen) atoms. The number of amides is 1. The van der Waals surface area contributed by atoms with Gasteiger partial charge in [0.25, 0.3) is 5.91 Å². The first-order chi connectivity index (χ1) is 12.2. The minimum absolute atomic E-state index is 0.0135. The van der Waals surface area contributed by atoms with Crippen molar-refractivity contribution in [1.82, 2.24) is 5.32 Å². The molecule has 9 heteroatoms. The highest BCUT2D eigenvalue weighted by Gasteiger charge is 2.18. The molecule has 0 spiro atoms. The largest absolute Gasteiger partial charge is 0.452 e. The van der Waals surface area contributed by atoms with Gasteiger partial charge in [0.15, 0.2) is 6.61 Å². The number of nitrogens with two attached hydrogens (primary N) is 1. The van der Waals surface area contributed by atoms with Crippen molar-refractivity contribution in [1.29, 1.82) is 0 Å². The predicted octanol–water partition coefficient (Wildman–Crippen LogP) is 2.02. The molecular formula is C17H17ClN2O5S. The van der Waals surface area contributed by atoms with Gasteiger partial charge in [0.2, 0.25) is 10.0 Å². The number of rotatable bonds is 6. The minimum atomic E-state index is -4.00. The van der Waals surface area contributed by atoms with Crippen LogP contribution in [-0.2, 0) is 19.6 Å². The van der Waals surface area contributed by atoms with Gasteiger partial charge in [-0.25, -0.2) is 18.4 Å². The SMILES string of the molecule is C[C@@H](NC(=O)COC(=O)c1cc(S(N)(=O)=O)ccc1Cl)c1ccccc1. The first kappa shape index (κ1) is 19.9. The Morgan fingerprint density at radius 1 is 1.19 bits per heavy atom. The summed E-state index contributed by atoms with van der Waals surface area (Å²) in [7, 11) is -4.00. The Morgan fingerprint density at radius 3 is 2.46 bits per heavy atom. The van der Waals surface area contributed by atoms with Crippen LogP contribution in [-0.4, -0.2) is 26.9 Å². The third kappa shape index (κ3) is 5.29. The lowest BCUT2D eigenvalue weighted by Crippen LogP contribution is -2.31. The maximum atomic E-state index is 12.1. The third-order valence-electron chi connectivity index (χ3n) is 3.50. The number of halogens is 1. The van der Waals surface area contributed by atoms with E-state index in [1.54, 1.807) is 6.92 Å². The minimum Gasteiger partial charge on any atom is -0.452 e. The highest BCUT2D eigenvalue weighted by molar-refractivity contribution is 7.89. The Kier molecular flexibility index (Phi) is 6.36. The number of sulfonamides is 1. The molecule has 0 bridgehead atoms. The number of ether oxygens (including phenoxy) is 1. The van der Waals surface area contributed by atoms with Gasteiger partial charge in [-0.15, -0.1) is 0 Å². The number of carbonyl (C=O) groups is 2. The van der Waals surface area contributed by atoms with Crippen LogP contribution >= 0.6 is 11.6 Å². The van der Waals surface area contributed by atoms with Crippen LogP contribution in [0.5, 0.6) is 0 Å². The van der Waals surface area contributed by atoms with E-state index < -0.39 is 28.5 Å². The Bertz CT molecular complexity index is 916. The van der Waals surface area contributed by atoms with Crippen molar-refractivity contribution in [2.75, 3.05) is 6.61 Å².